The van der Waals surface area contributed by atoms with Crippen molar-refractivity contribution in [3.05, 3.63) is 114 Å². The molecule has 0 radical (unpaired) electrons. The Morgan fingerprint density at radius 3 is 2.34 bits per heavy atom. The minimum atomic E-state index is -1.08. The lowest BCUT2D eigenvalue weighted by atomic mass is 9.85. The van der Waals surface area contributed by atoms with E-state index in [1.54, 1.807) is 12.1 Å². The molecule has 0 bridgehead atoms. The lowest BCUT2D eigenvalue weighted by Gasteiger charge is -2.29. The van der Waals surface area contributed by atoms with E-state index in [4.69, 9.17) is 37.4 Å². The first kappa shape index (κ1) is 37.4. The summed E-state index contributed by atoms with van der Waals surface area (Å²) in [5, 5.41) is 26.1. The van der Waals surface area contributed by atoms with Gasteiger partial charge in [0.25, 0.3) is 0 Å². The first-order valence-corrected chi connectivity index (χ1v) is 17.9. The van der Waals surface area contributed by atoms with Crippen LogP contribution in [0.2, 0.25) is 10.0 Å². The van der Waals surface area contributed by atoms with Crippen LogP contribution in [-0.4, -0.2) is 69.5 Å². The Balaban J connectivity index is 1.40. The lowest BCUT2D eigenvalue weighted by Crippen LogP contribution is -2.34. The number of likely N-dealkylation sites (tertiary alicyclic amines) is 1. The molecule has 50 heavy (non-hydrogen) atoms. The Hall–Kier alpha value is -3.87. The number of carbonyl (C=O) groups excluding carboxylic acids is 1. The first-order valence-electron chi connectivity index (χ1n) is 16.3. The van der Waals surface area contributed by atoms with Crippen LogP contribution in [0.1, 0.15) is 61.5 Å². The van der Waals surface area contributed by atoms with E-state index in [9.17, 15) is 19.9 Å². The van der Waals surface area contributed by atoms with Crippen LogP contribution in [0.25, 0.3) is 0 Å². The van der Waals surface area contributed by atoms with Gasteiger partial charge in [0.1, 0.15) is 14.9 Å². The van der Waals surface area contributed by atoms with Crippen molar-refractivity contribution in [2.75, 3.05) is 47.5 Å². The summed E-state index contributed by atoms with van der Waals surface area (Å²) in [4.78, 5) is 29.3. The number of thiophene rings is 1. The third kappa shape index (κ3) is 9.26. The summed E-state index contributed by atoms with van der Waals surface area (Å²) in [7, 11) is 5.16. The van der Waals surface area contributed by atoms with Gasteiger partial charge in [-0.2, -0.15) is 4.73 Å². The number of hydrogen-bond acceptors (Lipinski definition) is 9. The maximum absolute atomic E-state index is 13.4. The molecule has 1 saturated heterocycles. The van der Waals surface area contributed by atoms with Crippen LogP contribution in [0.15, 0.2) is 67.0 Å². The number of aromatic carboxylic acids is 1. The molecule has 2 atom stereocenters. The van der Waals surface area contributed by atoms with Crippen LogP contribution in [-0.2, 0) is 22.5 Å². The molecule has 2 N–H and O–H groups in total. The molecule has 1 unspecified atom stereocenters. The Bertz CT molecular complexity index is 1760. The molecule has 0 spiro atoms. The minimum absolute atomic E-state index is 0.154. The molecule has 2 aromatic carbocycles. The second-order valence-corrected chi connectivity index (χ2v) is 14.4. The zero-order valence-electron chi connectivity index (χ0n) is 28.2. The van der Waals surface area contributed by atoms with Crippen LogP contribution in [0, 0.1) is 11.1 Å². The van der Waals surface area contributed by atoms with Gasteiger partial charge in [0.2, 0.25) is 0 Å². The molecule has 1 aliphatic heterocycles. The SMILES string of the molecule is COc1ccc([C@H](Cc2c(Cl)c[n+]([O-])cc2Cl)c2cc(CNCC(C(=O)OCC3CCN(C)CC3)c3ccccc3)sc2C(=O)O)cc1OC. The topological polar surface area (TPSA) is 124 Å². The van der Waals surface area contributed by atoms with Crippen molar-refractivity contribution in [2.24, 2.45) is 5.92 Å². The average Bonchev–Trinajstić information content (AvgIpc) is 3.53. The van der Waals surface area contributed by atoms with Crippen LogP contribution in [0.3, 0.4) is 0 Å². The molecular formula is C37H41Cl2N3O7S. The molecule has 266 valence electrons. The molecule has 2 aromatic heterocycles. The zero-order valence-corrected chi connectivity index (χ0v) is 30.5. The highest BCUT2D eigenvalue weighted by Crippen LogP contribution is 2.41. The molecule has 0 amide bonds. The number of aromatic nitrogens is 1. The smallest absolute Gasteiger partial charge is 0.346 e. The van der Waals surface area contributed by atoms with Gasteiger partial charge in [-0.3, -0.25) is 4.79 Å². The Kier molecular flexibility index (Phi) is 13.0. The summed E-state index contributed by atoms with van der Waals surface area (Å²) in [6.45, 7) is 3.00. The molecule has 1 aliphatic rings. The van der Waals surface area contributed by atoms with Gasteiger partial charge in [0.15, 0.2) is 23.9 Å². The number of ether oxygens (including phenoxy) is 3. The van der Waals surface area contributed by atoms with Gasteiger partial charge < -0.3 is 34.7 Å². The number of carbonyl (C=O) groups is 2. The number of methoxy groups -OCH3 is 2. The number of esters is 1. The highest BCUT2D eigenvalue weighted by molar-refractivity contribution is 7.14. The first-order chi connectivity index (χ1) is 24.1. The number of pyridine rings is 1. The number of rotatable bonds is 15. The number of hydrogen-bond donors (Lipinski definition) is 2. The summed E-state index contributed by atoms with van der Waals surface area (Å²) in [5.74, 6) is -1.10. The third-order valence-electron chi connectivity index (χ3n) is 9.09. The summed E-state index contributed by atoms with van der Waals surface area (Å²) in [5.41, 5.74) is 2.64. The normalized spacial score (nSPS) is 15.0. The largest absolute Gasteiger partial charge is 0.619 e. The van der Waals surface area contributed by atoms with Gasteiger partial charge in [0, 0.05) is 29.4 Å². The fourth-order valence-corrected chi connectivity index (χ4v) is 7.90. The van der Waals surface area contributed by atoms with Crippen LogP contribution >= 0.6 is 34.5 Å². The Labute approximate surface area is 306 Å². The van der Waals surface area contributed by atoms with Crippen molar-refractivity contribution in [2.45, 2.75) is 37.6 Å². The van der Waals surface area contributed by atoms with Gasteiger partial charge in [-0.1, -0.05) is 59.6 Å². The van der Waals surface area contributed by atoms with Crippen LogP contribution in [0.5, 0.6) is 11.5 Å². The number of nitrogens with one attached hydrogen (secondary N) is 1. The zero-order chi connectivity index (χ0) is 35.8. The van der Waals surface area contributed by atoms with E-state index in [1.807, 2.05) is 42.5 Å². The monoisotopic (exact) mass is 741 g/mol. The van der Waals surface area contributed by atoms with Crippen molar-refractivity contribution in [3.8, 4) is 11.5 Å². The van der Waals surface area contributed by atoms with Crippen molar-refractivity contribution in [1.82, 2.24) is 10.2 Å². The molecule has 5 rings (SSSR count). The van der Waals surface area contributed by atoms with Gasteiger partial charge >= 0.3 is 11.9 Å². The van der Waals surface area contributed by atoms with Crippen LogP contribution < -0.4 is 19.5 Å². The summed E-state index contributed by atoms with van der Waals surface area (Å²) in [6, 6.07) is 16.8. The Morgan fingerprint density at radius 1 is 1.02 bits per heavy atom. The van der Waals surface area contributed by atoms with Crippen molar-refractivity contribution < 1.29 is 33.6 Å². The van der Waals surface area contributed by atoms with Crippen LogP contribution in [0.4, 0.5) is 0 Å². The van der Waals surface area contributed by atoms with E-state index in [0.29, 0.717) is 53.0 Å². The predicted octanol–water partition coefficient (Wildman–Crippen LogP) is 6.54. The highest BCUT2D eigenvalue weighted by Gasteiger charge is 2.29. The standard InChI is InChI=1S/C37H41Cl2N3O7S/c1-41-13-11-23(12-14-41)22-49-37(45)30(24-7-5-4-6-8-24)19-40-18-26-16-28(35(50-26)36(43)44)27(17-29-31(38)20-42(46)21-32(29)39)25-9-10-33(47-2)34(15-25)48-3/h4-10,15-16,20-21,23,27,30,40H,11-14,17-19,22H2,1-3H3,(H,43,44)/t27-,30?/m0/s1. The number of benzene rings is 2. The quantitative estimate of drug-likeness (QED) is 0.0795. The third-order valence-corrected chi connectivity index (χ3v) is 10.9. The summed E-state index contributed by atoms with van der Waals surface area (Å²) in [6.07, 6.45) is 4.64. The second-order valence-electron chi connectivity index (χ2n) is 12.4. The van der Waals surface area contributed by atoms with E-state index in [0.717, 1.165) is 53.3 Å². The maximum atomic E-state index is 13.4. The number of piperidine rings is 1. The minimum Gasteiger partial charge on any atom is -0.619 e. The van der Waals surface area contributed by atoms with Gasteiger partial charge in [-0.25, -0.2) is 4.79 Å². The van der Waals surface area contributed by atoms with E-state index < -0.39 is 17.8 Å². The number of carboxylic acid groups (broad SMARTS) is 1. The van der Waals surface area contributed by atoms with E-state index >= 15 is 0 Å². The summed E-state index contributed by atoms with van der Waals surface area (Å²) < 4.78 is 17.4. The number of nitrogens with zero attached hydrogens (tertiary/aromatic N) is 2. The number of carboxylic acids is 1. The average molecular weight is 743 g/mol. The molecule has 0 aliphatic carbocycles. The van der Waals surface area contributed by atoms with E-state index in [1.165, 1.54) is 26.6 Å². The van der Waals surface area contributed by atoms with Crippen molar-refractivity contribution in [3.63, 3.8) is 0 Å². The highest BCUT2D eigenvalue weighted by atomic mass is 35.5. The van der Waals surface area contributed by atoms with Gasteiger partial charge in [-0.15, -0.1) is 11.3 Å². The predicted molar refractivity (Wildman–Crippen MR) is 194 cm³/mol. The van der Waals surface area contributed by atoms with Gasteiger partial charge in [-0.05, 0) is 80.2 Å². The lowest BCUT2D eigenvalue weighted by molar-refractivity contribution is -0.605. The molecular weight excluding hydrogens is 701 g/mol. The second kappa shape index (κ2) is 17.4. The summed E-state index contributed by atoms with van der Waals surface area (Å²) >= 11 is 14.2. The van der Waals surface area contributed by atoms with E-state index in [-0.39, 0.29) is 27.3 Å². The molecule has 1 fully saturated rings. The number of halogens is 2. The van der Waals surface area contributed by atoms with Crippen molar-refractivity contribution in [1.29, 1.82) is 0 Å². The molecule has 10 nitrogen and oxygen atoms in total. The Morgan fingerprint density at radius 2 is 1.70 bits per heavy atom. The van der Waals surface area contributed by atoms with E-state index in [2.05, 4.69) is 17.3 Å². The van der Waals surface area contributed by atoms with Gasteiger partial charge in [0.05, 0.1) is 26.7 Å². The fraction of sp³-hybridized carbons (Fsp3) is 0.378. The fourth-order valence-electron chi connectivity index (χ4n) is 6.27. The molecule has 0 saturated carbocycles. The molecule has 3 heterocycles. The van der Waals surface area contributed by atoms with Crippen molar-refractivity contribution >= 4 is 46.5 Å². The maximum Gasteiger partial charge on any atom is 0.346 e. The molecule has 4 aromatic rings. The molecule has 13 heteroatoms.